The zero-order valence-corrected chi connectivity index (χ0v) is 9.23. The van der Waals surface area contributed by atoms with Crippen LogP contribution in [-0.4, -0.2) is 46.3 Å². The molecule has 0 saturated carbocycles. The zero-order chi connectivity index (χ0) is 11.1. The average Bonchev–Trinajstić information content (AvgIpc) is 2.02. The van der Waals surface area contributed by atoms with Gasteiger partial charge < -0.3 is 10.2 Å². The van der Waals surface area contributed by atoms with Crippen LogP contribution in [-0.2, 0) is 4.79 Å². The van der Waals surface area contributed by atoms with E-state index >= 15 is 0 Å². The van der Waals surface area contributed by atoms with E-state index < -0.39 is 5.97 Å². The number of carboxylic acids is 1. The van der Waals surface area contributed by atoms with Gasteiger partial charge in [-0.15, -0.1) is 0 Å². The standard InChI is InChI=1S/C10H21NO3/c1-8(2)11(5-4-6-12)9(3)7-10(13)14/h8-9,12H,4-7H2,1-3H3,(H,13,14). The van der Waals surface area contributed by atoms with Crippen LogP contribution >= 0.6 is 0 Å². The first kappa shape index (κ1) is 13.4. The molecule has 1 atom stereocenters. The summed E-state index contributed by atoms with van der Waals surface area (Å²) in [6.45, 7) is 6.89. The highest BCUT2D eigenvalue weighted by atomic mass is 16.4. The van der Waals surface area contributed by atoms with Gasteiger partial charge in [-0.1, -0.05) is 0 Å². The molecule has 0 amide bonds. The van der Waals surface area contributed by atoms with E-state index in [1.165, 1.54) is 0 Å². The summed E-state index contributed by atoms with van der Waals surface area (Å²) < 4.78 is 0. The van der Waals surface area contributed by atoms with E-state index in [4.69, 9.17) is 10.2 Å². The van der Waals surface area contributed by atoms with Crippen LogP contribution in [0.5, 0.6) is 0 Å². The number of carboxylic acid groups (broad SMARTS) is 1. The van der Waals surface area contributed by atoms with Crippen LogP contribution in [0.4, 0.5) is 0 Å². The minimum atomic E-state index is -0.771. The van der Waals surface area contributed by atoms with Crippen LogP contribution in [0.1, 0.15) is 33.6 Å². The molecule has 2 N–H and O–H groups in total. The number of hydrogen-bond acceptors (Lipinski definition) is 3. The smallest absolute Gasteiger partial charge is 0.304 e. The Bertz CT molecular complexity index is 171. The minimum absolute atomic E-state index is 0.0269. The highest BCUT2D eigenvalue weighted by Crippen LogP contribution is 2.09. The van der Waals surface area contributed by atoms with Crippen molar-refractivity contribution in [1.29, 1.82) is 0 Å². The Morgan fingerprint density at radius 2 is 1.93 bits per heavy atom. The second-order valence-electron chi connectivity index (χ2n) is 3.86. The van der Waals surface area contributed by atoms with Crippen molar-refractivity contribution in [2.45, 2.75) is 45.7 Å². The number of nitrogens with zero attached hydrogens (tertiary/aromatic N) is 1. The quantitative estimate of drug-likeness (QED) is 0.646. The van der Waals surface area contributed by atoms with Gasteiger partial charge in [-0.2, -0.15) is 0 Å². The lowest BCUT2D eigenvalue weighted by molar-refractivity contribution is -0.138. The topological polar surface area (TPSA) is 60.8 Å². The van der Waals surface area contributed by atoms with Crippen molar-refractivity contribution in [1.82, 2.24) is 4.90 Å². The molecule has 0 aromatic heterocycles. The third kappa shape index (κ3) is 5.19. The average molecular weight is 203 g/mol. The number of aliphatic carboxylic acids is 1. The molecule has 0 aliphatic carbocycles. The first-order valence-corrected chi connectivity index (χ1v) is 5.07. The van der Waals surface area contributed by atoms with Crippen molar-refractivity contribution < 1.29 is 15.0 Å². The molecule has 0 aliphatic heterocycles. The Morgan fingerprint density at radius 3 is 2.29 bits per heavy atom. The molecular formula is C10H21NO3. The first-order valence-electron chi connectivity index (χ1n) is 5.07. The normalized spacial score (nSPS) is 13.6. The Hall–Kier alpha value is -0.610. The Morgan fingerprint density at radius 1 is 1.36 bits per heavy atom. The molecule has 0 heterocycles. The molecule has 4 nitrogen and oxygen atoms in total. The summed E-state index contributed by atoms with van der Waals surface area (Å²) in [5.74, 6) is -0.771. The molecule has 0 bridgehead atoms. The van der Waals surface area contributed by atoms with Gasteiger partial charge in [0, 0.05) is 25.2 Å². The number of carbonyl (C=O) groups is 1. The van der Waals surface area contributed by atoms with Gasteiger partial charge in [0.1, 0.15) is 0 Å². The lowest BCUT2D eigenvalue weighted by atomic mass is 10.1. The molecule has 4 heteroatoms. The molecule has 0 rings (SSSR count). The van der Waals surface area contributed by atoms with E-state index in [2.05, 4.69) is 4.90 Å². The predicted octanol–water partition coefficient (Wildman–Crippen LogP) is 0.942. The summed E-state index contributed by atoms with van der Waals surface area (Å²) in [5.41, 5.74) is 0. The summed E-state index contributed by atoms with van der Waals surface area (Å²) in [4.78, 5) is 12.6. The van der Waals surface area contributed by atoms with Crippen molar-refractivity contribution >= 4 is 5.97 Å². The predicted molar refractivity (Wildman–Crippen MR) is 55.3 cm³/mol. The third-order valence-corrected chi connectivity index (χ3v) is 2.27. The molecule has 14 heavy (non-hydrogen) atoms. The van der Waals surface area contributed by atoms with E-state index in [9.17, 15) is 4.79 Å². The van der Waals surface area contributed by atoms with E-state index in [0.29, 0.717) is 12.5 Å². The number of rotatable bonds is 7. The fourth-order valence-electron chi connectivity index (χ4n) is 1.61. The van der Waals surface area contributed by atoms with Crippen LogP contribution in [0.3, 0.4) is 0 Å². The van der Waals surface area contributed by atoms with Gasteiger partial charge >= 0.3 is 5.97 Å². The zero-order valence-electron chi connectivity index (χ0n) is 9.23. The Balaban J connectivity index is 4.10. The molecule has 1 unspecified atom stereocenters. The van der Waals surface area contributed by atoms with Crippen molar-refractivity contribution in [2.75, 3.05) is 13.2 Å². The highest BCUT2D eigenvalue weighted by molar-refractivity contribution is 5.67. The van der Waals surface area contributed by atoms with Crippen molar-refractivity contribution in [2.24, 2.45) is 0 Å². The van der Waals surface area contributed by atoms with Gasteiger partial charge in [-0.05, 0) is 27.2 Å². The SMILES string of the molecule is CC(C)N(CCCO)C(C)CC(=O)O. The fourth-order valence-corrected chi connectivity index (χ4v) is 1.61. The number of aliphatic hydroxyl groups excluding tert-OH is 1. The van der Waals surface area contributed by atoms with Gasteiger partial charge in [0.05, 0.1) is 6.42 Å². The second-order valence-corrected chi connectivity index (χ2v) is 3.86. The van der Waals surface area contributed by atoms with Gasteiger partial charge in [0.15, 0.2) is 0 Å². The van der Waals surface area contributed by atoms with Crippen molar-refractivity contribution in [3.05, 3.63) is 0 Å². The molecule has 0 radical (unpaired) electrons. The highest BCUT2D eigenvalue weighted by Gasteiger charge is 2.18. The molecule has 0 fully saturated rings. The lowest BCUT2D eigenvalue weighted by Gasteiger charge is -2.31. The van der Waals surface area contributed by atoms with Gasteiger partial charge in [0.25, 0.3) is 0 Å². The first-order chi connectivity index (χ1) is 6.49. The third-order valence-electron chi connectivity index (χ3n) is 2.27. The summed E-state index contributed by atoms with van der Waals surface area (Å²) in [5, 5.41) is 17.4. The molecule has 0 spiro atoms. The number of hydrogen-bond donors (Lipinski definition) is 2. The number of aliphatic hydroxyl groups is 1. The van der Waals surface area contributed by atoms with Gasteiger partial charge in [0.2, 0.25) is 0 Å². The maximum Gasteiger partial charge on any atom is 0.304 e. The maximum atomic E-state index is 10.5. The van der Waals surface area contributed by atoms with Gasteiger partial charge in [-0.25, -0.2) is 0 Å². The molecule has 0 aliphatic rings. The van der Waals surface area contributed by atoms with Crippen LogP contribution in [0.2, 0.25) is 0 Å². The van der Waals surface area contributed by atoms with E-state index in [0.717, 1.165) is 6.54 Å². The Kier molecular flexibility index (Phi) is 6.49. The van der Waals surface area contributed by atoms with Crippen LogP contribution in [0.25, 0.3) is 0 Å². The van der Waals surface area contributed by atoms with E-state index in [1.807, 2.05) is 20.8 Å². The molecular weight excluding hydrogens is 182 g/mol. The minimum Gasteiger partial charge on any atom is -0.481 e. The van der Waals surface area contributed by atoms with E-state index in [1.54, 1.807) is 0 Å². The summed E-state index contributed by atoms with van der Waals surface area (Å²) >= 11 is 0. The van der Waals surface area contributed by atoms with Crippen LogP contribution < -0.4 is 0 Å². The molecule has 84 valence electrons. The summed E-state index contributed by atoms with van der Waals surface area (Å²) in [6.07, 6.45) is 0.853. The lowest BCUT2D eigenvalue weighted by Crippen LogP contribution is -2.40. The van der Waals surface area contributed by atoms with Gasteiger partial charge in [-0.3, -0.25) is 9.69 Å². The monoisotopic (exact) mass is 203 g/mol. The maximum absolute atomic E-state index is 10.5. The summed E-state index contributed by atoms with van der Waals surface area (Å²) in [6, 6.07) is 0.343. The summed E-state index contributed by atoms with van der Waals surface area (Å²) in [7, 11) is 0. The van der Waals surface area contributed by atoms with E-state index in [-0.39, 0.29) is 19.1 Å². The molecule has 0 aromatic carbocycles. The van der Waals surface area contributed by atoms with Crippen molar-refractivity contribution in [3.63, 3.8) is 0 Å². The fraction of sp³-hybridized carbons (Fsp3) is 0.900. The Labute approximate surface area is 85.5 Å². The second kappa shape index (κ2) is 6.79. The molecule has 0 saturated heterocycles. The van der Waals surface area contributed by atoms with Crippen molar-refractivity contribution in [3.8, 4) is 0 Å². The molecule has 0 aromatic rings. The largest absolute Gasteiger partial charge is 0.481 e. The van der Waals surface area contributed by atoms with Crippen LogP contribution in [0.15, 0.2) is 0 Å². The van der Waals surface area contributed by atoms with Crippen LogP contribution in [0, 0.1) is 0 Å².